The third-order valence-electron chi connectivity index (χ3n) is 5.57. The van der Waals surface area contributed by atoms with Crippen molar-refractivity contribution in [1.82, 2.24) is 0 Å². The van der Waals surface area contributed by atoms with Gasteiger partial charge in [0.05, 0.1) is 25.2 Å². The number of nitrogens with zero attached hydrogens (tertiary/aromatic N) is 1. The monoisotopic (exact) mass is 375 g/mol. The second-order valence-corrected chi connectivity index (χ2v) is 7.69. The number of carbonyl (C=O) groups is 2. The fourth-order valence-electron chi connectivity index (χ4n) is 4.20. The molecule has 3 aliphatic rings. The van der Waals surface area contributed by atoms with Crippen molar-refractivity contribution in [3.63, 3.8) is 0 Å². The molecule has 2 bridgehead atoms. The highest BCUT2D eigenvalue weighted by atomic mass is 35.5. The smallest absolute Gasteiger partial charge is 0.312 e. The van der Waals surface area contributed by atoms with Gasteiger partial charge in [0.25, 0.3) is 0 Å². The number of anilines is 1. The normalized spacial score (nSPS) is 31.6. The number of unbranched alkanes of at least 4 members (excludes halogenated alkanes) is 1. The number of carbonyl (C=O) groups excluding carboxylic acids is 2. The van der Waals surface area contributed by atoms with Gasteiger partial charge in [-0.25, -0.2) is 0 Å². The van der Waals surface area contributed by atoms with Crippen molar-refractivity contribution in [3.05, 3.63) is 40.9 Å². The summed E-state index contributed by atoms with van der Waals surface area (Å²) in [6, 6.07) is 5.51. The van der Waals surface area contributed by atoms with Crippen molar-refractivity contribution in [2.45, 2.75) is 38.4 Å². The quantitative estimate of drug-likeness (QED) is 0.450. The molecule has 0 aliphatic carbocycles. The first-order chi connectivity index (χ1) is 12.5. The molecule has 0 radical (unpaired) electrons. The van der Waals surface area contributed by atoms with Crippen LogP contribution < -0.4 is 4.90 Å². The molecule has 0 unspecified atom stereocenters. The van der Waals surface area contributed by atoms with E-state index < -0.39 is 17.4 Å². The van der Waals surface area contributed by atoms with E-state index in [2.05, 4.69) is 0 Å². The maximum Gasteiger partial charge on any atom is 0.312 e. The summed E-state index contributed by atoms with van der Waals surface area (Å²) in [4.78, 5) is 27.5. The average molecular weight is 376 g/mol. The predicted octanol–water partition coefficient (Wildman–Crippen LogP) is 3.28. The Bertz CT molecular complexity index is 792. The zero-order valence-electron chi connectivity index (χ0n) is 14.9. The summed E-state index contributed by atoms with van der Waals surface area (Å²) in [5.74, 6) is -1.51. The molecule has 1 spiro atoms. The van der Waals surface area contributed by atoms with E-state index >= 15 is 0 Å². The van der Waals surface area contributed by atoms with E-state index in [1.165, 1.54) is 0 Å². The highest BCUT2D eigenvalue weighted by Crippen LogP contribution is 2.53. The average Bonchev–Trinajstić information content (AvgIpc) is 3.26. The lowest BCUT2D eigenvalue weighted by atomic mass is 9.77. The molecular weight excluding hydrogens is 354 g/mol. The zero-order valence-corrected chi connectivity index (χ0v) is 15.7. The molecule has 3 aliphatic heterocycles. The van der Waals surface area contributed by atoms with Gasteiger partial charge in [0.2, 0.25) is 5.91 Å². The lowest BCUT2D eigenvalue weighted by Gasteiger charge is -2.22. The Kier molecular flexibility index (Phi) is 4.32. The van der Waals surface area contributed by atoms with Gasteiger partial charge in [0, 0.05) is 10.7 Å². The summed E-state index contributed by atoms with van der Waals surface area (Å²) < 4.78 is 11.5. The molecule has 6 heteroatoms. The topological polar surface area (TPSA) is 55.8 Å². The van der Waals surface area contributed by atoms with Crippen molar-refractivity contribution in [2.75, 3.05) is 18.1 Å². The standard InChI is InChI=1S/C20H22ClNO4/c1-3-4-9-25-19(24)16-15-7-8-20(26-15)11-22(18(23)17(16)20)13-5-6-14(21)12(2)10-13/h5-8,10,15-17H,3-4,9,11H2,1-2H3/t15-,16+,17-,20+/m1/s1. The molecule has 0 aromatic heterocycles. The Morgan fingerprint density at radius 3 is 3.00 bits per heavy atom. The summed E-state index contributed by atoms with van der Waals surface area (Å²) in [7, 11) is 0. The highest BCUT2D eigenvalue weighted by molar-refractivity contribution is 6.31. The molecule has 1 aromatic carbocycles. The van der Waals surface area contributed by atoms with Gasteiger partial charge in [-0.05, 0) is 37.1 Å². The van der Waals surface area contributed by atoms with Crippen molar-refractivity contribution < 1.29 is 19.1 Å². The first-order valence-electron chi connectivity index (χ1n) is 9.08. The van der Waals surface area contributed by atoms with Crippen molar-refractivity contribution in [1.29, 1.82) is 0 Å². The SMILES string of the molecule is CCCCOC(=O)[C@H]1[C@H]2C=C[C@@]3(CN(c4ccc(Cl)c(C)c4)C(=O)[C@@H]13)O2. The number of rotatable bonds is 5. The minimum absolute atomic E-state index is 0.0870. The van der Waals surface area contributed by atoms with Gasteiger partial charge in [-0.1, -0.05) is 37.1 Å². The molecule has 1 aromatic rings. The van der Waals surface area contributed by atoms with E-state index in [1.54, 1.807) is 11.0 Å². The number of aryl methyl sites for hydroxylation is 1. The van der Waals surface area contributed by atoms with E-state index in [0.717, 1.165) is 24.1 Å². The number of fused-ring (bicyclic) bond motifs is 1. The Labute approximate surface area is 157 Å². The van der Waals surface area contributed by atoms with Gasteiger partial charge in [0.1, 0.15) is 11.5 Å². The largest absolute Gasteiger partial charge is 0.465 e. The number of hydrogen-bond donors (Lipinski definition) is 0. The lowest BCUT2D eigenvalue weighted by Crippen LogP contribution is -2.40. The van der Waals surface area contributed by atoms with Crippen LogP contribution >= 0.6 is 11.6 Å². The summed E-state index contributed by atoms with van der Waals surface area (Å²) in [5, 5.41) is 0.660. The van der Waals surface area contributed by atoms with Crippen LogP contribution in [0.1, 0.15) is 25.3 Å². The number of benzene rings is 1. The van der Waals surface area contributed by atoms with Crippen LogP contribution in [0.3, 0.4) is 0 Å². The molecule has 0 saturated carbocycles. The molecule has 5 nitrogen and oxygen atoms in total. The van der Waals surface area contributed by atoms with E-state index in [9.17, 15) is 9.59 Å². The van der Waals surface area contributed by atoms with Gasteiger partial charge >= 0.3 is 5.97 Å². The fourth-order valence-corrected chi connectivity index (χ4v) is 4.31. The molecule has 3 heterocycles. The molecule has 1 amide bonds. The maximum atomic E-state index is 13.2. The van der Waals surface area contributed by atoms with Crippen LogP contribution in [0.5, 0.6) is 0 Å². The Balaban J connectivity index is 1.60. The molecule has 2 fully saturated rings. The number of amides is 1. The van der Waals surface area contributed by atoms with E-state index in [4.69, 9.17) is 21.1 Å². The lowest BCUT2D eigenvalue weighted by molar-refractivity contribution is -0.152. The third kappa shape index (κ3) is 2.57. The van der Waals surface area contributed by atoms with Gasteiger partial charge in [-0.15, -0.1) is 0 Å². The number of ether oxygens (including phenoxy) is 2. The van der Waals surface area contributed by atoms with Crippen LogP contribution in [0.2, 0.25) is 5.02 Å². The van der Waals surface area contributed by atoms with Crippen molar-refractivity contribution in [2.24, 2.45) is 11.8 Å². The van der Waals surface area contributed by atoms with Gasteiger partial charge in [0.15, 0.2) is 0 Å². The van der Waals surface area contributed by atoms with E-state index in [0.29, 0.717) is 18.2 Å². The molecule has 0 N–H and O–H groups in total. The van der Waals surface area contributed by atoms with E-state index in [-0.39, 0.29) is 18.0 Å². The molecule has 26 heavy (non-hydrogen) atoms. The molecule has 4 rings (SSSR count). The predicted molar refractivity (Wildman–Crippen MR) is 98.1 cm³/mol. The minimum Gasteiger partial charge on any atom is -0.465 e. The Morgan fingerprint density at radius 2 is 2.27 bits per heavy atom. The first-order valence-corrected chi connectivity index (χ1v) is 9.46. The zero-order chi connectivity index (χ0) is 18.5. The number of hydrogen-bond acceptors (Lipinski definition) is 4. The maximum absolute atomic E-state index is 13.2. The molecular formula is C20H22ClNO4. The third-order valence-corrected chi connectivity index (χ3v) is 5.99. The number of esters is 1. The van der Waals surface area contributed by atoms with Gasteiger partial charge < -0.3 is 14.4 Å². The Hall–Kier alpha value is -1.85. The van der Waals surface area contributed by atoms with Crippen molar-refractivity contribution in [3.8, 4) is 0 Å². The van der Waals surface area contributed by atoms with Crippen LogP contribution in [0.15, 0.2) is 30.4 Å². The Morgan fingerprint density at radius 1 is 1.46 bits per heavy atom. The minimum atomic E-state index is -0.732. The van der Waals surface area contributed by atoms with Crippen LogP contribution in [-0.4, -0.2) is 36.7 Å². The van der Waals surface area contributed by atoms with Gasteiger partial charge in [-0.2, -0.15) is 0 Å². The molecule has 2 saturated heterocycles. The molecule has 138 valence electrons. The van der Waals surface area contributed by atoms with Crippen LogP contribution in [-0.2, 0) is 19.1 Å². The summed E-state index contributed by atoms with van der Waals surface area (Å²) in [6.45, 7) is 4.74. The van der Waals surface area contributed by atoms with Gasteiger partial charge in [-0.3, -0.25) is 9.59 Å². The second-order valence-electron chi connectivity index (χ2n) is 7.28. The fraction of sp³-hybridized carbons (Fsp3) is 0.500. The van der Waals surface area contributed by atoms with Crippen molar-refractivity contribution >= 4 is 29.2 Å². The number of halogens is 1. The highest BCUT2D eigenvalue weighted by Gasteiger charge is 2.67. The first kappa shape index (κ1) is 17.6. The van der Waals surface area contributed by atoms with E-state index in [1.807, 2.05) is 38.1 Å². The summed E-state index contributed by atoms with van der Waals surface area (Å²) in [5.41, 5.74) is 0.950. The summed E-state index contributed by atoms with van der Waals surface area (Å²) >= 11 is 6.11. The van der Waals surface area contributed by atoms with Crippen LogP contribution in [0, 0.1) is 18.8 Å². The second kappa shape index (κ2) is 6.39. The summed E-state index contributed by atoms with van der Waals surface area (Å²) in [6.07, 6.45) is 5.24. The molecule has 4 atom stereocenters. The van der Waals surface area contributed by atoms with Crippen LogP contribution in [0.25, 0.3) is 0 Å². The van der Waals surface area contributed by atoms with Crippen LogP contribution in [0.4, 0.5) is 5.69 Å².